The van der Waals surface area contributed by atoms with Crippen molar-refractivity contribution in [2.24, 2.45) is 5.92 Å². The van der Waals surface area contributed by atoms with Crippen molar-refractivity contribution < 1.29 is 14.0 Å². The summed E-state index contributed by atoms with van der Waals surface area (Å²) in [5, 5.41) is 15.3. The molecule has 0 aliphatic carbocycles. The summed E-state index contributed by atoms with van der Waals surface area (Å²) in [6, 6.07) is 8.64. The maximum absolute atomic E-state index is 14.0. The second kappa shape index (κ2) is 12.2. The number of anilines is 1. The van der Waals surface area contributed by atoms with Gasteiger partial charge in [-0.05, 0) is 49.2 Å². The molecule has 0 unspecified atom stereocenters. The number of nitrogens with zero attached hydrogens (tertiary/aromatic N) is 3. The number of carbonyl (C=O) groups excluding carboxylic acids is 2. The number of hydrogen-bond donors (Lipinski definition) is 2. The summed E-state index contributed by atoms with van der Waals surface area (Å²) in [7, 11) is 0. The van der Waals surface area contributed by atoms with Gasteiger partial charge in [-0.3, -0.25) is 9.59 Å². The minimum atomic E-state index is -0.533. The molecule has 0 bridgehead atoms. The molecule has 2 amide bonds. The van der Waals surface area contributed by atoms with E-state index in [4.69, 9.17) is 23.2 Å². The van der Waals surface area contributed by atoms with E-state index in [1.165, 1.54) is 30.0 Å². The van der Waals surface area contributed by atoms with Crippen LogP contribution in [0.25, 0.3) is 0 Å². The summed E-state index contributed by atoms with van der Waals surface area (Å²) in [6.45, 7) is 6.37. The van der Waals surface area contributed by atoms with E-state index in [1.54, 1.807) is 18.2 Å². The third-order valence-electron chi connectivity index (χ3n) is 5.01. The summed E-state index contributed by atoms with van der Waals surface area (Å²) in [4.78, 5) is 25.3. The molecule has 0 fully saturated rings. The molecule has 2 N–H and O–H groups in total. The van der Waals surface area contributed by atoms with Gasteiger partial charge in [0.05, 0.1) is 27.5 Å². The van der Waals surface area contributed by atoms with E-state index in [-0.39, 0.29) is 34.2 Å². The monoisotopic (exact) mass is 601 g/mol. The fourth-order valence-electron chi connectivity index (χ4n) is 3.23. The standard InChI is InChI=1S/C23H23BrCl2FN5O2S/c1-4-32-21(20(12(2)3)29-22(34)13-5-7-15(25)16(26)9-13)30-31-23(32)35-11-19(33)28-18-8-6-14(24)10-17(18)27/h5-10,12,20H,4,11H2,1-3H3,(H,28,33)(H,29,34)/t20-/m1/s1. The zero-order valence-electron chi connectivity index (χ0n) is 19.1. The number of aromatic nitrogens is 3. The maximum Gasteiger partial charge on any atom is 0.251 e. The van der Waals surface area contributed by atoms with Crippen LogP contribution in [0.1, 0.15) is 43.0 Å². The Balaban J connectivity index is 1.72. The number of carbonyl (C=O) groups is 2. The van der Waals surface area contributed by atoms with E-state index in [0.717, 1.165) is 0 Å². The molecule has 0 aliphatic rings. The smallest absolute Gasteiger partial charge is 0.251 e. The fraction of sp³-hybridized carbons (Fsp3) is 0.304. The molecule has 35 heavy (non-hydrogen) atoms. The Morgan fingerprint density at radius 2 is 1.89 bits per heavy atom. The number of rotatable bonds is 9. The van der Waals surface area contributed by atoms with Crippen LogP contribution in [0, 0.1) is 11.7 Å². The van der Waals surface area contributed by atoms with Gasteiger partial charge in [0.1, 0.15) is 5.82 Å². The number of amides is 2. The van der Waals surface area contributed by atoms with Crippen LogP contribution in [0.3, 0.4) is 0 Å². The van der Waals surface area contributed by atoms with Gasteiger partial charge in [0.2, 0.25) is 5.91 Å². The molecule has 3 aromatic rings. The Morgan fingerprint density at radius 3 is 2.51 bits per heavy atom. The lowest BCUT2D eigenvalue weighted by molar-refractivity contribution is -0.113. The van der Waals surface area contributed by atoms with Crippen molar-refractivity contribution in [2.75, 3.05) is 11.1 Å². The Morgan fingerprint density at radius 1 is 1.14 bits per heavy atom. The summed E-state index contributed by atoms with van der Waals surface area (Å²) in [5.74, 6) is -0.658. The number of benzene rings is 2. The third-order valence-corrected chi connectivity index (χ3v) is 7.21. The van der Waals surface area contributed by atoms with Crippen molar-refractivity contribution in [3.05, 3.63) is 68.1 Å². The van der Waals surface area contributed by atoms with E-state index in [0.29, 0.717) is 32.6 Å². The lowest BCUT2D eigenvalue weighted by Gasteiger charge is -2.22. The highest BCUT2D eigenvalue weighted by atomic mass is 79.9. The van der Waals surface area contributed by atoms with Crippen molar-refractivity contribution in [1.29, 1.82) is 0 Å². The largest absolute Gasteiger partial charge is 0.342 e. The molecule has 1 heterocycles. The van der Waals surface area contributed by atoms with Crippen LogP contribution in [-0.2, 0) is 11.3 Å². The highest BCUT2D eigenvalue weighted by molar-refractivity contribution is 9.10. The molecule has 186 valence electrons. The van der Waals surface area contributed by atoms with E-state index in [1.807, 2.05) is 25.3 Å². The molecule has 0 saturated heterocycles. The number of hydrogen-bond acceptors (Lipinski definition) is 5. The van der Waals surface area contributed by atoms with E-state index in [9.17, 15) is 14.0 Å². The number of halogens is 4. The predicted molar refractivity (Wildman–Crippen MR) is 141 cm³/mol. The molecule has 0 radical (unpaired) electrons. The van der Waals surface area contributed by atoms with Gasteiger partial charge < -0.3 is 15.2 Å². The van der Waals surface area contributed by atoms with Crippen molar-refractivity contribution >= 4 is 68.4 Å². The van der Waals surface area contributed by atoms with Crippen LogP contribution < -0.4 is 10.6 Å². The highest BCUT2D eigenvalue weighted by Crippen LogP contribution is 2.27. The van der Waals surface area contributed by atoms with Crippen LogP contribution in [0.2, 0.25) is 10.0 Å². The SMILES string of the molecule is CCn1c(SCC(=O)Nc2ccc(Br)cc2F)nnc1[C@H](NC(=O)c1ccc(Cl)c(Cl)c1)C(C)C. The van der Waals surface area contributed by atoms with Crippen molar-refractivity contribution in [3.8, 4) is 0 Å². The van der Waals surface area contributed by atoms with Crippen LogP contribution in [0.5, 0.6) is 0 Å². The van der Waals surface area contributed by atoms with Gasteiger partial charge >= 0.3 is 0 Å². The first kappa shape index (κ1) is 27.4. The average Bonchev–Trinajstić information content (AvgIpc) is 3.21. The number of thioether (sulfide) groups is 1. The quantitative estimate of drug-likeness (QED) is 0.278. The van der Waals surface area contributed by atoms with E-state index < -0.39 is 11.9 Å². The zero-order valence-corrected chi connectivity index (χ0v) is 23.0. The second-order valence-electron chi connectivity index (χ2n) is 7.87. The highest BCUT2D eigenvalue weighted by Gasteiger charge is 2.26. The molecule has 1 atom stereocenters. The van der Waals surface area contributed by atoms with Crippen molar-refractivity contribution in [2.45, 2.75) is 38.5 Å². The first-order valence-corrected chi connectivity index (χ1v) is 13.2. The lowest BCUT2D eigenvalue weighted by atomic mass is 10.0. The van der Waals surface area contributed by atoms with Gasteiger partial charge in [-0.25, -0.2) is 4.39 Å². The van der Waals surface area contributed by atoms with E-state index in [2.05, 4.69) is 36.8 Å². The molecule has 1 aromatic heterocycles. The summed E-state index contributed by atoms with van der Waals surface area (Å²) in [5.41, 5.74) is 0.473. The topological polar surface area (TPSA) is 88.9 Å². The first-order chi connectivity index (χ1) is 16.6. The van der Waals surface area contributed by atoms with Crippen LogP contribution in [0.15, 0.2) is 46.0 Å². The Hall–Kier alpha value is -2.14. The van der Waals surface area contributed by atoms with Gasteiger partial charge in [-0.15, -0.1) is 10.2 Å². The van der Waals surface area contributed by atoms with Crippen LogP contribution in [0.4, 0.5) is 10.1 Å². The van der Waals surface area contributed by atoms with Gasteiger partial charge in [0.25, 0.3) is 5.91 Å². The molecule has 2 aromatic carbocycles. The fourth-order valence-corrected chi connectivity index (χ4v) is 4.67. The molecular weight excluding hydrogens is 580 g/mol. The lowest BCUT2D eigenvalue weighted by Crippen LogP contribution is -2.33. The maximum atomic E-state index is 14.0. The first-order valence-electron chi connectivity index (χ1n) is 10.7. The third kappa shape index (κ3) is 6.97. The van der Waals surface area contributed by atoms with Gasteiger partial charge in [0.15, 0.2) is 11.0 Å². The minimum absolute atomic E-state index is 0.00208. The molecule has 0 spiro atoms. The predicted octanol–water partition coefficient (Wildman–Crippen LogP) is 6.36. The van der Waals surface area contributed by atoms with Gasteiger partial charge in [-0.1, -0.05) is 64.7 Å². The minimum Gasteiger partial charge on any atom is -0.342 e. The Bertz CT molecular complexity index is 1240. The second-order valence-corrected chi connectivity index (χ2v) is 10.5. The van der Waals surface area contributed by atoms with Crippen molar-refractivity contribution in [1.82, 2.24) is 20.1 Å². The van der Waals surface area contributed by atoms with E-state index >= 15 is 0 Å². The molecular formula is C23H23BrCl2FN5O2S. The average molecular weight is 603 g/mol. The molecule has 7 nitrogen and oxygen atoms in total. The molecule has 12 heteroatoms. The van der Waals surface area contributed by atoms with Gasteiger partial charge in [0, 0.05) is 16.6 Å². The van der Waals surface area contributed by atoms with Crippen LogP contribution >= 0.6 is 50.9 Å². The van der Waals surface area contributed by atoms with Crippen molar-refractivity contribution in [3.63, 3.8) is 0 Å². The summed E-state index contributed by atoms with van der Waals surface area (Å²) in [6.07, 6.45) is 0. The molecule has 3 rings (SSSR count). The Labute approximate surface area is 225 Å². The normalized spacial score (nSPS) is 12.0. The summed E-state index contributed by atoms with van der Waals surface area (Å²) < 4.78 is 16.4. The van der Waals surface area contributed by atoms with Crippen LogP contribution in [-0.4, -0.2) is 32.3 Å². The number of nitrogens with one attached hydrogen (secondary N) is 2. The Kier molecular flexibility index (Phi) is 9.57. The summed E-state index contributed by atoms with van der Waals surface area (Å²) >= 11 is 16.4. The molecule has 0 aliphatic heterocycles. The molecule has 0 saturated carbocycles. The zero-order chi connectivity index (χ0) is 25.7. The van der Waals surface area contributed by atoms with Gasteiger partial charge in [-0.2, -0.15) is 0 Å².